The van der Waals surface area contributed by atoms with E-state index in [2.05, 4.69) is 15.2 Å². The third-order valence-corrected chi connectivity index (χ3v) is 2.07. The summed E-state index contributed by atoms with van der Waals surface area (Å²) in [6.07, 6.45) is 2.16. The molecule has 0 radical (unpaired) electrons. The first-order valence-electron chi connectivity index (χ1n) is 5.20. The number of ether oxygens (including phenoxy) is 1. The van der Waals surface area contributed by atoms with Gasteiger partial charge in [-0.05, 0) is 6.42 Å². The van der Waals surface area contributed by atoms with Crippen LogP contribution in [0, 0.1) is 0 Å². The van der Waals surface area contributed by atoms with Gasteiger partial charge in [-0.2, -0.15) is 5.10 Å². The lowest BCUT2D eigenvalue weighted by molar-refractivity contribution is 0.119. The Morgan fingerprint density at radius 3 is 3.06 bits per heavy atom. The van der Waals surface area contributed by atoms with E-state index in [4.69, 9.17) is 5.11 Å². The first-order chi connectivity index (χ1) is 7.67. The third kappa shape index (κ3) is 3.54. The van der Waals surface area contributed by atoms with Crippen molar-refractivity contribution in [1.82, 2.24) is 15.1 Å². The maximum atomic E-state index is 11.1. The van der Waals surface area contributed by atoms with Crippen molar-refractivity contribution in [2.45, 2.75) is 19.9 Å². The molecule has 1 aromatic heterocycles. The van der Waals surface area contributed by atoms with Crippen LogP contribution in [0.1, 0.15) is 18.2 Å². The van der Waals surface area contributed by atoms with E-state index in [1.807, 2.05) is 20.2 Å². The first-order valence-corrected chi connectivity index (χ1v) is 5.20. The van der Waals surface area contributed by atoms with Crippen LogP contribution in [0.15, 0.2) is 6.20 Å². The van der Waals surface area contributed by atoms with E-state index >= 15 is 0 Å². The molecule has 6 heteroatoms. The molecule has 0 atom stereocenters. The van der Waals surface area contributed by atoms with Crippen molar-refractivity contribution in [3.63, 3.8) is 0 Å². The number of hydrogen-bond donors (Lipinski definition) is 2. The van der Waals surface area contributed by atoms with Crippen LogP contribution in [0.3, 0.4) is 0 Å². The molecule has 0 aliphatic carbocycles. The second kappa shape index (κ2) is 6.12. The smallest absolute Gasteiger partial charge is 0.407 e. The lowest BCUT2D eigenvalue weighted by Crippen LogP contribution is -2.25. The average molecular weight is 227 g/mol. The summed E-state index contributed by atoms with van der Waals surface area (Å²) < 4.78 is 6.38. The van der Waals surface area contributed by atoms with Gasteiger partial charge in [0.25, 0.3) is 0 Å². The average Bonchev–Trinajstić information content (AvgIpc) is 2.64. The van der Waals surface area contributed by atoms with Crippen molar-refractivity contribution in [3.05, 3.63) is 17.5 Å². The molecule has 0 bridgehead atoms. The summed E-state index contributed by atoms with van der Waals surface area (Å²) >= 11 is 0. The van der Waals surface area contributed by atoms with E-state index in [1.54, 1.807) is 4.68 Å². The SMILES string of the molecule is CCc1nn(C)cc1CNC(=O)OCCO. The Morgan fingerprint density at radius 2 is 2.44 bits per heavy atom. The molecule has 6 nitrogen and oxygen atoms in total. The zero-order chi connectivity index (χ0) is 12.0. The zero-order valence-corrected chi connectivity index (χ0v) is 9.56. The van der Waals surface area contributed by atoms with Gasteiger partial charge in [-0.3, -0.25) is 4.68 Å². The highest BCUT2D eigenvalue weighted by Crippen LogP contribution is 2.06. The molecule has 1 heterocycles. The van der Waals surface area contributed by atoms with Gasteiger partial charge in [-0.1, -0.05) is 6.92 Å². The van der Waals surface area contributed by atoms with Crippen LogP contribution in [0.4, 0.5) is 4.79 Å². The van der Waals surface area contributed by atoms with Crippen molar-refractivity contribution in [1.29, 1.82) is 0 Å². The fourth-order valence-corrected chi connectivity index (χ4v) is 1.39. The van der Waals surface area contributed by atoms with Crippen molar-refractivity contribution >= 4 is 6.09 Å². The Hall–Kier alpha value is -1.56. The highest BCUT2D eigenvalue weighted by Gasteiger charge is 2.07. The Labute approximate surface area is 94.2 Å². The summed E-state index contributed by atoms with van der Waals surface area (Å²) in [5, 5.41) is 15.3. The van der Waals surface area contributed by atoms with Gasteiger partial charge in [-0.15, -0.1) is 0 Å². The monoisotopic (exact) mass is 227 g/mol. The van der Waals surface area contributed by atoms with Gasteiger partial charge in [0.2, 0.25) is 0 Å². The van der Waals surface area contributed by atoms with Crippen LogP contribution in [0.2, 0.25) is 0 Å². The third-order valence-electron chi connectivity index (χ3n) is 2.07. The summed E-state index contributed by atoms with van der Waals surface area (Å²) in [7, 11) is 1.84. The highest BCUT2D eigenvalue weighted by molar-refractivity contribution is 5.67. The van der Waals surface area contributed by atoms with Gasteiger partial charge in [0.15, 0.2) is 0 Å². The van der Waals surface area contributed by atoms with Crippen LogP contribution in [-0.4, -0.2) is 34.2 Å². The fourth-order valence-electron chi connectivity index (χ4n) is 1.39. The first kappa shape index (κ1) is 12.5. The summed E-state index contributed by atoms with van der Waals surface area (Å²) in [4.78, 5) is 11.1. The molecule has 0 saturated heterocycles. The molecule has 90 valence electrons. The summed E-state index contributed by atoms with van der Waals surface area (Å²) in [6, 6.07) is 0. The molecule has 0 aliphatic heterocycles. The minimum Gasteiger partial charge on any atom is -0.447 e. The zero-order valence-electron chi connectivity index (χ0n) is 9.56. The minimum absolute atomic E-state index is 0.0134. The molecule has 0 aliphatic rings. The Kier molecular flexibility index (Phi) is 4.78. The molecule has 0 fully saturated rings. The van der Waals surface area contributed by atoms with Crippen LogP contribution in [-0.2, 0) is 24.8 Å². The maximum absolute atomic E-state index is 11.1. The Morgan fingerprint density at radius 1 is 1.69 bits per heavy atom. The maximum Gasteiger partial charge on any atom is 0.407 e. The Balaban J connectivity index is 2.44. The summed E-state index contributed by atoms with van der Waals surface area (Å²) in [6.45, 7) is 2.25. The van der Waals surface area contributed by atoms with Gasteiger partial charge >= 0.3 is 6.09 Å². The van der Waals surface area contributed by atoms with Crippen LogP contribution < -0.4 is 5.32 Å². The number of nitrogens with zero attached hydrogens (tertiary/aromatic N) is 2. The number of aromatic nitrogens is 2. The van der Waals surface area contributed by atoms with E-state index in [9.17, 15) is 4.79 Å². The number of nitrogens with one attached hydrogen (secondary N) is 1. The van der Waals surface area contributed by atoms with E-state index in [0.717, 1.165) is 17.7 Å². The van der Waals surface area contributed by atoms with E-state index in [0.29, 0.717) is 6.54 Å². The van der Waals surface area contributed by atoms with Gasteiger partial charge in [0, 0.05) is 25.4 Å². The molecule has 16 heavy (non-hydrogen) atoms. The second-order valence-corrected chi connectivity index (χ2v) is 3.34. The van der Waals surface area contributed by atoms with Crippen LogP contribution in [0.5, 0.6) is 0 Å². The van der Waals surface area contributed by atoms with Gasteiger partial charge in [0.1, 0.15) is 6.61 Å². The van der Waals surface area contributed by atoms with Crippen molar-refractivity contribution in [3.8, 4) is 0 Å². The number of carbonyl (C=O) groups excluding carboxylic acids is 1. The number of carbonyl (C=O) groups is 1. The quantitative estimate of drug-likeness (QED) is 0.753. The molecule has 1 aromatic rings. The number of aryl methyl sites for hydroxylation is 2. The molecule has 0 unspecified atom stereocenters. The minimum atomic E-state index is -0.528. The Bertz CT molecular complexity index is 349. The predicted octanol–water partition coefficient (Wildman–Crippen LogP) is 0.201. The van der Waals surface area contributed by atoms with E-state index in [-0.39, 0.29) is 13.2 Å². The summed E-state index contributed by atoms with van der Waals surface area (Å²) in [5.74, 6) is 0. The number of aliphatic hydroxyl groups is 1. The molecule has 1 amide bonds. The molecular formula is C10H17N3O3. The molecule has 0 saturated carbocycles. The molecule has 0 aromatic carbocycles. The lowest BCUT2D eigenvalue weighted by atomic mass is 10.2. The number of alkyl carbamates (subject to hydrolysis) is 1. The van der Waals surface area contributed by atoms with Crippen molar-refractivity contribution in [2.24, 2.45) is 7.05 Å². The van der Waals surface area contributed by atoms with Crippen molar-refractivity contribution < 1.29 is 14.6 Å². The number of amides is 1. The molecular weight excluding hydrogens is 210 g/mol. The molecule has 0 spiro atoms. The molecule has 1 rings (SSSR count). The van der Waals surface area contributed by atoms with Crippen LogP contribution >= 0.6 is 0 Å². The second-order valence-electron chi connectivity index (χ2n) is 3.34. The fraction of sp³-hybridized carbons (Fsp3) is 0.600. The number of aliphatic hydroxyl groups excluding tert-OH is 1. The van der Waals surface area contributed by atoms with E-state index in [1.165, 1.54) is 0 Å². The van der Waals surface area contributed by atoms with Gasteiger partial charge in [-0.25, -0.2) is 4.79 Å². The highest BCUT2D eigenvalue weighted by atomic mass is 16.6. The largest absolute Gasteiger partial charge is 0.447 e. The summed E-state index contributed by atoms with van der Waals surface area (Å²) in [5.41, 5.74) is 1.94. The number of rotatable bonds is 5. The normalized spacial score (nSPS) is 10.2. The van der Waals surface area contributed by atoms with Crippen LogP contribution in [0.25, 0.3) is 0 Å². The molecule has 2 N–H and O–H groups in total. The standard InChI is InChI=1S/C10H17N3O3/c1-3-9-8(7-13(2)12-9)6-11-10(15)16-5-4-14/h7,14H,3-6H2,1-2H3,(H,11,15). The predicted molar refractivity (Wildman–Crippen MR) is 57.9 cm³/mol. The number of hydrogen-bond acceptors (Lipinski definition) is 4. The van der Waals surface area contributed by atoms with Gasteiger partial charge < -0.3 is 15.2 Å². The lowest BCUT2D eigenvalue weighted by Gasteiger charge is -2.05. The topological polar surface area (TPSA) is 76.4 Å². The van der Waals surface area contributed by atoms with Gasteiger partial charge in [0.05, 0.1) is 12.3 Å². The van der Waals surface area contributed by atoms with E-state index < -0.39 is 6.09 Å². The van der Waals surface area contributed by atoms with Crippen molar-refractivity contribution in [2.75, 3.05) is 13.2 Å².